The van der Waals surface area contributed by atoms with Crippen molar-refractivity contribution < 1.29 is 9.59 Å². The molecular weight excluding hydrogens is 194 g/mol. The van der Waals surface area contributed by atoms with Crippen molar-refractivity contribution in [2.75, 3.05) is 6.54 Å². The van der Waals surface area contributed by atoms with Gasteiger partial charge >= 0.3 is 6.03 Å². The number of nitrogens with one attached hydrogen (secondary N) is 2. The summed E-state index contributed by atoms with van der Waals surface area (Å²) < 4.78 is 0. The van der Waals surface area contributed by atoms with Gasteiger partial charge in [0.25, 0.3) is 0 Å². The predicted octanol–water partition coefficient (Wildman–Crippen LogP) is 0.596. The Morgan fingerprint density at radius 2 is 1.93 bits per heavy atom. The van der Waals surface area contributed by atoms with Gasteiger partial charge in [-0.15, -0.1) is 0 Å². The Balaban J connectivity index is 4.20. The molecule has 0 aliphatic carbocycles. The molecule has 0 saturated heterocycles. The highest BCUT2D eigenvalue weighted by molar-refractivity contribution is 5.86. The summed E-state index contributed by atoms with van der Waals surface area (Å²) in [6.45, 7) is 6.57. The second-order valence-corrected chi connectivity index (χ2v) is 3.98. The van der Waals surface area contributed by atoms with Gasteiger partial charge < -0.3 is 16.4 Å². The standard InChI is InChI=1S/C10H21N3O2/c1-4-5-12-9(14)8(6-7(2)3)13-10(11)15/h7-8H,4-6H2,1-3H3,(H,12,14)(H3,11,13,15). The molecule has 0 spiro atoms. The molecule has 0 aromatic carbocycles. The number of urea groups is 1. The highest BCUT2D eigenvalue weighted by Crippen LogP contribution is 2.04. The molecule has 0 heterocycles. The average molecular weight is 215 g/mol. The van der Waals surface area contributed by atoms with E-state index in [0.717, 1.165) is 6.42 Å². The van der Waals surface area contributed by atoms with Crippen LogP contribution in [0.15, 0.2) is 0 Å². The minimum absolute atomic E-state index is 0.163. The Morgan fingerprint density at radius 3 is 2.33 bits per heavy atom. The van der Waals surface area contributed by atoms with Crippen LogP contribution in [0, 0.1) is 5.92 Å². The second-order valence-electron chi connectivity index (χ2n) is 3.98. The number of hydrogen-bond donors (Lipinski definition) is 3. The van der Waals surface area contributed by atoms with Gasteiger partial charge in [-0.05, 0) is 18.8 Å². The Morgan fingerprint density at radius 1 is 1.33 bits per heavy atom. The molecule has 0 aromatic rings. The molecule has 0 aromatic heterocycles. The third-order valence-electron chi connectivity index (χ3n) is 1.89. The van der Waals surface area contributed by atoms with Crippen molar-refractivity contribution in [3.63, 3.8) is 0 Å². The molecule has 1 atom stereocenters. The normalized spacial score (nSPS) is 12.3. The van der Waals surface area contributed by atoms with Gasteiger partial charge in [0, 0.05) is 6.54 Å². The van der Waals surface area contributed by atoms with Crippen LogP contribution < -0.4 is 16.4 Å². The van der Waals surface area contributed by atoms with Crippen LogP contribution in [-0.2, 0) is 4.79 Å². The van der Waals surface area contributed by atoms with Crippen LogP contribution in [0.3, 0.4) is 0 Å². The summed E-state index contributed by atoms with van der Waals surface area (Å²) in [5.41, 5.74) is 5.01. The third kappa shape index (κ3) is 6.76. The van der Waals surface area contributed by atoms with Crippen molar-refractivity contribution in [3.8, 4) is 0 Å². The van der Waals surface area contributed by atoms with Gasteiger partial charge in [-0.1, -0.05) is 20.8 Å². The average Bonchev–Trinajstić information content (AvgIpc) is 2.11. The van der Waals surface area contributed by atoms with Crippen LogP contribution in [0.4, 0.5) is 4.79 Å². The molecule has 3 amide bonds. The maximum absolute atomic E-state index is 11.6. The minimum atomic E-state index is -0.660. The number of hydrogen-bond acceptors (Lipinski definition) is 2. The lowest BCUT2D eigenvalue weighted by Gasteiger charge is -2.18. The smallest absolute Gasteiger partial charge is 0.312 e. The molecule has 0 saturated carbocycles. The molecule has 88 valence electrons. The van der Waals surface area contributed by atoms with Gasteiger partial charge in [0.15, 0.2) is 0 Å². The van der Waals surface area contributed by atoms with Crippen LogP contribution >= 0.6 is 0 Å². The molecular formula is C10H21N3O2. The number of carbonyl (C=O) groups is 2. The molecule has 0 rings (SSSR count). The van der Waals surface area contributed by atoms with Crippen molar-refractivity contribution in [3.05, 3.63) is 0 Å². The summed E-state index contributed by atoms with van der Waals surface area (Å²) in [4.78, 5) is 22.3. The minimum Gasteiger partial charge on any atom is -0.354 e. The van der Waals surface area contributed by atoms with E-state index in [2.05, 4.69) is 10.6 Å². The zero-order valence-corrected chi connectivity index (χ0v) is 9.67. The molecule has 4 N–H and O–H groups in total. The second kappa shape index (κ2) is 7.09. The fourth-order valence-electron chi connectivity index (χ4n) is 1.25. The van der Waals surface area contributed by atoms with Crippen LogP contribution in [0.25, 0.3) is 0 Å². The SMILES string of the molecule is CCCNC(=O)C(CC(C)C)NC(N)=O. The lowest BCUT2D eigenvalue weighted by atomic mass is 10.0. The predicted molar refractivity (Wildman–Crippen MR) is 59.3 cm³/mol. The summed E-state index contributed by atoms with van der Waals surface area (Å²) in [6.07, 6.45) is 1.47. The zero-order chi connectivity index (χ0) is 11.8. The van der Waals surface area contributed by atoms with E-state index in [1.165, 1.54) is 0 Å². The summed E-state index contributed by atoms with van der Waals surface area (Å²) >= 11 is 0. The van der Waals surface area contributed by atoms with E-state index >= 15 is 0 Å². The first-order valence-corrected chi connectivity index (χ1v) is 5.31. The molecule has 0 radical (unpaired) electrons. The van der Waals surface area contributed by atoms with Crippen molar-refractivity contribution in [2.45, 2.75) is 39.7 Å². The number of carbonyl (C=O) groups excluding carboxylic acids is 2. The Bertz CT molecular complexity index is 217. The van der Waals surface area contributed by atoms with Gasteiger partial charge in [-0.3, -0.25) is 4.79 Å². The number of amides is 3. The maximum atomic E-state index is 11.6. The molecule has 5 nitrogen and oxygen atoms in total. The topological polar surface area (TPSA) is 84.2 Å². The van der Waals surface area contributed by atoms with Crippen LogP contribution in [0.1, 0.15) is 33.6 Å². The number of rotatable bonds is 6. The maximum Gasteiger partial charge on any atom is 0.312 e. The van der Waals surface area contributed by atoms with E-state index in [4.69, 9.17) is 5.73 Å². The fraction of sp³-hybridized carbons (Fsp3) is 0.800. The van der Waals surface area contributed by atoms with E-state index < -0.39 is 12.1 Å². The monoisotopic (exact) mass is 215 g/mol. The lowest BCUT2D eigenvalue weighted by molar-refractivity contribution is -0.123. The Hall–Kier alpha value is -1.26. The third-order valence-corrected chi connectivity index (χ3v) is 1.89. The first-order chi connectivity index (χ1) is 6.97. The Kier molecular flexibility index (Phi) is 6.49. The van der Waals surface area contributed by atoms with Gasteiger partial charge in [0.1, 0.15) is 6.04 Å². The highest BCUT2D eigenvalue weighted by Gasteiger charge is 2.20. The van der Waals surface area contributed by atoms with E-state index in [0.29, 0.717) is 18.9 Å². The van der Waals surface area contributed by atoms with Gasteiger partial charge in [-0.25, -0.2) is 4.79 Å². The quantitative estimate of drug-likeness (QED) is 0.606. The number of nitrogens with two attached hydrogens (primary N) is 1. The molecule has 0 aliphatic rings. The van der Waals surface area contributed by atoms with Crippen LogP contribution in [0.2, 0.25) is 0 Å². The summed E-state index contributed by atoms with van der Waals surface area (Å²) in [5.74, 6) is 0.165. The lowest BCUT2D eigenvalue weighted by Crippen LogP contribution is -2.49. The van der Waals surface area contributed by atoms with Gasteiger partial charge in [0.2, 0.25) is 5.91 Å². The zero-order valence-electron chi connectivity index (χ0n) is 9.67. The molecule has 15 heavy (non-hydrogen) atoms. The van der Waals surface area contributed by atoms with Gasteiger partial charge in [0.05, 0.1) is 0 Å². The van der Waals surface area contributed by atoms with Crippen molar-refractivity contribution in [2.24, 2.45) is 11.7 Å². The summed E-state index contributed by atoms with van der Waals surface area (Å²) in [7, 11) is 0. The fourth-order valence-corrected chi connectivity index (χ4v) is 1.25. The van der Waals surface area contributed by atoms with Crippen molar-refractivity contribution in [1.29, 1.82) is 0 Å². The Labute approximate surface area is 90.8 Å². The van der Waals surface area contributed by atoms with Gasteiger partial charge in [-0.2, -0.15) is 0 Å². The van der Waals surface area contributed by atoms with E-state index in [1.54, 1.807) is 0 Å². The molecule has 1 unspecified atom stereocenters. The molecule has 5 heteroatoms. The molecule has 0 fully saturated rings. The van der Waals surface area contributed by atoms with Crippen molar-refractivity contribution in [1.82, 2.24) is 10.6 Å². The van der Waals surface area contributed by atoms with E-state index in [-0.39, 0.29) is 5.91 Å². The summed E-state index contributed by atoms with van der Waals surface area (Å²) in [6, 6.07) is -1.18. The first-order valence-electron chi connectivity index (χ1n) is 5.31. The largest absolute Gasteiger partial charge is 0.354 e. The van der Waals surface area contributed by atoms with E-state index in [1.807, 2.05) is 20.8 Å². The van der Waals surface area contributed by atoms with E-state index in [9.17, 15) is 9.59 Å². The summed E-state index contributed by atoms with van der Waals surface area (Å²) in [5, 5.41) is 5.18. The first kappa shape index (κ1) is 13.7. The van der Waals surface area contributed by atoms with Crippen LogP contribution in [-0.4, -0.2) is 24.5 Å². The van der Waals surface area contributed by atoms with Crippen molar-refractivity contribution >= 4 is 11.9 Å². The molecule has 0 bridgehead atoms. The highest BCUT2D eigenvalue weighted by atomic mass is 16.2. The number of primary amides is 1. The molecule has 0 aliphatic heterocycles. The van der Waals surface area contributed by atoms with Crippen LogP contribution in [0.5, 0.6) is 0 Å².